The first-order valence-corrected chi connectivity index (χ1v) is 15.1. The molecule has 0 bridgehead atoms. The molecule has 2 amide bonds. The number of rotatable bonds is 12. The van der Waals surface area contributed by atoms with Gasteiger partial charge in [0.1, 0.15) is 18.4 Å². The summed E-state index contributed by atoms with van der Waals surface area (Å²) < 4.78 is 41.7. The molecule has 7 nitrogen and oxygen atoms in total. The summed E-state index contributed by atoms with van der Waals surface area (Å²) in [7, 11) is -3.88. The summed E-state index contributed by atoms with van der Waals surface area (Å²) in [5.74, 6) is -1.35. The second-order valence-corrected chi connectivity index (χ2v) is 12.4. The summed E-state index contributed by atoms with van der Waals surface area (Å²) in [5.41, 5.74) is 3.05. The van der Waals surface area contributed by atoms with Gasteiger partial charge < -0.3 is 10.2 Å². The van der Waals surface area contributed by atoms with Gasteiger partial charge in [0.25, 0.3) is 0 Å². The number of aryl methyl sites for hydroxylation is 2. The average molecular weight is 568 g/mol. The SMILES string of the molecule is Cc1ccc(N(CC(=O)N(Cc2ccccc2F)[C@H](Cc2ccccc2)C(=O)NCC(C)C)S(C)(=O)=O)c(C)c1. The van der Waals surface area contributed by atoms with Crippen molar-refractivity contribution in [2.45, 2.75) is 46.7 Å². The smallest absolute Gasteiger partial charge is 0.244 e. The summed E-state index contributed by atoms with van der Waals surface area (Å²) in [5, 5.41) is 2.91. The molecule has 0 heterocycles. The minimum atomic E-state index is -3.88. The van der Waals surface area contributed by atoms with Crippen LogP contribution in [0.4, 0.5) is 10.1 Å². The Labute approximate surface area is 237 Å². The molecule has 214 valence electrons. The Morgan fingerprint density at radius 1 is 0.950 bits per heavy atom. The fourth-order valence-electron chi connectivity index (χ4n) is 4.47. The van der Waals surface area contributed by atoms with Gasteiger partial charge in [0.15, 0.2) is 0 Å². The van der Waals surface area contributed by atoms with E-state index < -0.39 is 34.3 Å². The number of nitrogens with zero attached hydrogens (tertiary/aromatic N) is 2. The molecule has 0 fully saturated rings. The molecular formula is C31H38FN3O4S. The van der Waals surface area contributed by atoms with Gasteiger partial charge in [0, 0.05) is 25.1 Å². The van der Waals surface area contributed by atoms with E-state index in [1.807, 2.05) is 57.2 Å². The molecule has 1 atom stereocenters. The zero-order chi connectivity index (χ0) is 29.4. The van der Waals surface area contributed by atoms with Crippen LogP contribution in [0.1, 0.15) is 36.1 Å². The van der Waals surface area contributed by atoms with Gasteiger partial charge in [-0.25, -0.2) is 12.8 Å². The van der Waals surface area contributed by atoms with E-state index in [1.165, 1.54) is 11.0 Å². The molecule has 0 spiro atoms. The number of anilines is 1. The van der Waals surface area contributed by atoms with Crippen LogP contribution in [-0.4, -0.2) is 50.5 Å². The third-order valence-electron chi connectivity index (χ3n) is 6.55. The fraction of sp³-hybridized carbons (Fsp3) is 0.355. The molecule has 3 aromatic carbocycles. The van der Waals surface area contributed by atoms with Crippen LogP contribution >= 0.6 is 0 Å². The van der Waals surface area contributed by atoms with Gasteiger partial charge in [-0.05, 0) is 43.0 Å². The van der Waals surface area contributed by atoms with Gasteiger partial charge in [-0.2, -0.15) is 0 Å². The first-order chi connectivity index (χ1) is 18.9. The van der Waals surface area contributed by atoms with Crippen molar-refractivity contribution in [1.82, 2.24) is 10.2 Å². The predicted molar refractivity (Wildman–Crippen MR) is 157 cm³/mol. The Morgan fingerprint density at radius 3 is 2.20 bits per heavy atom. The van der Waals surface area contributed by atoms with Gasteiger partial charge in [-0.15, -0.1) is 0 Å². The lowest BCUT2D eigenvalue weighted by atomic mass is 10.0. The van der Waals surface area contributed by atoms with Gasteiger partial charge in [0.2, 0.25) is 21.8 Å². The summed E-state index contributed by atoms with van der Waals surface area (Å²) in [6.07, 6.45) is 1.21. The highest BCUT2D eigenvalue weighted by Crippen LogP contribution is 2.25. The molecule has 0 radical (unpaired) electrons. The van der Waals surface area contributed by atoms with Crippen LogP contribution in [0.15, 0.2) is 72.8 Å². The standard InChI is InChI=1S/C31H38FN3O4S/c1-22(2)19-33-31(37)29(18-25-11-7-6-8-12-25)34(20-26-13-9-10-14-27(26)32)30(36)21-35(40(5,38)39)28-16-15-23(3)17-24(28)4/h6-17,22,29H,18-21H2,1-5H3,(H,33,37)/t29-/m1/s1. The van der Waals surface area contributed by atoms with Crippen molar-refractivity contribution in [3.8, 4) is 0 Å². The lowest BCUT2D eigenvalue weighted by Crippen LogP contribution is -2.53. The summed E-state index contributed by atoms with van der Waals surface area (Å²) in [6.45, 7) is 7.24. The third-order valence-corrected chi connectivity index (χ3v) is 7.68. The number of amides is 2. The molecule has 0 saturated carbocycles. The largest absolute Gasteiger partial charge is 0.354 e. The topological polar surface area (TPSA) is 86.8 Å². The highest BCUT2D eigenvalue weighted by Gasteiger charge is 2.33. The van der Waals surface area contributed by atoms with E-state index in [2.05, 4.69) is 5.32 Å². The van der Waals surface area contributed by atoms with E-state index in [9.17, 15) is 22.4 Å². The molecule has 0 aliphatic carbocycles. The predicted octanol–water partition coefficient (Wildman–Crippen LogP) is 4.62. The van der Waals surface area contributed by atoms with Crippen LogP contribution < -0.4 is 9.62 Å². The molecule has 0 saturated heterocycles. The Bertz CT molecular complexity index is 1430. The van der Waals surface area contributed by atoms with Crippen LogP contribution in [0.5, 0.6) is 0 Å². The molecule has 3 rings (SSSR count). The number of halogens is 1. The summed E-state index contributed by atoms with van der Waals surface area (Å²) in [6, 6.07) is 19.6. The fourth-order valence-corrected chi connectivity index (χ4v) is 5.37. The normalized spacial score (nSPS) is 12.2. The van der Waals surface area contributed by atoms with Crippen molar-refractivity contribution < 1.29 is 22.4 Å². The molecule has 0 aliphatic rings. The Morgan fingerprint density at radius 2 is 1.60 bits per heavy atom. The Kier molecular flexibility index (Phi) is 10.5. The highest BCUT2D eigenvalue weighted by molar-refractivity contribution is 7.92. The van der Waals surface area contributed by atoms with E-state index in [0.29, 0.717) is 17.8 Å². The van der Waals surface area contributed by atoms with E-state index in [-0.39, 0.29) is 30.4 Å². The first kappa shape index (κ1) is 30.8. The van der Waals surface area contributed by atoms with Crippen molar-refractivity contribution in [3.05, 3.63) is 101 Å². The van der Waals surface area contributed by atoms with Crippen LogP contribution in [0.3, 0.4) is 0 Å². The van der Waals surface area contributed by atoms with Crippen LogP contribution in [0.25, 0.3) is 0 Å². The van der Waals surface area contributed by atoms with Crippen molar-refractivity contribution in [2.24, 2.45) is 5.92 Å². The minimum absolute atomic E-state index is 0.169. The lowest BCUT2D eigenvalue weighted by molar-refractivity contribution is -0.140. The van der Waals surface area contributed by atoms with E-state index in [4.69, 9.17) is 0 Å². The number of hydrogen-bond acceptors (Lipinski definition) is 4. The van der Waals surface area contributed by atoms with Crippen molar-refractivity contribution >= 4 is 27.5 Å². The van der Waals surface area contributed by atoms with Crippen molar-refractivity contribution in [3.63, 3.8) is 0 Å². The molecule has 40 heavy (non-hydrogen) atoms. The summed E-state index contributed by atoms with van der Waals surface area (Å²) in [4.78, 5) is 28.9. The molecular weight excluding hydrogens is 529 g/mol. The quantitative estimate of drug-likeness (QED) is 0.346. The zero-order valence-corrected chi connectivity index (χ0v) is 24.5. The van der Waals surface area contributed by atoms with Crippen LogP contribution in [0, 0.1) is 25.6 Å². The molecule has 9 heteroatoms. The Balaban J connectivity index is 2.08. The second kappa shape index (κ2) is 13.6. The monoisotopic (exact) mass is 567 g/mol. The summed E-state index contributed by atoms with van der Waals surface area (Å²) >= 11 is 0. The van der Waals surface area contributed by atoms with Gasteiger partial charge in [0.05, 0.1) is 11.9 Å². The van der Waals surface area contributed by atoms with Gasteiger partial charge in [-0.3, -0.25) is 13.9 Å². The van der Waals surface area contributed by atoms with Gasteiger partial charge in [-0.1, -0.05) is 80.1 Å². The lowest BCUT2D eigenvalue weighted by Gasteiger charge is -2.34. The molecule has 0 unspecified atom stereocenters. The Hall–Kier alpha value is -3.72. The highest BCUT2D eigenvalue weighted by atomic mass is 32.2. The van der Waals surface area contributed by atoms with E-state index in [0.717, 1.165) is 21.7 Å². The number of sulfonamides is 1. The maximum Gasteiger partial charge on any atom is 0.244 e. The number of hydrogen-bond donors (Lipinski definition) is 1. The van der Waals surface area contributed by atoms with Crippen LogP contribution in [0.2, 0.25) is 0 Å². The maximum absolute atomic E-state index is 14.8. The van der Waals surface area contributed by atoms with Crippen LogP contribution in [-0.2, 0) is 32.6 Å². The van der Waals surface area contributed by atoms with E-state index >= 15 is 0 Å². The average Bonchev–Trinajstić information content (AvgIpc) is 2.89. The van der Waals surface area contributed by atoms with E-state index in [1.54, 1.807) is 37.3 Å². The number of nitrogens with one attached hydrogen (secondary N) is 1. The van der Waals surface area contributed by atoms with Crippen molar-refractivity contribution in [2.75, 3.05) is 23.7 Å². The molecule has 1 N–H and O–H groups in total. The number of benzene rings is 3. The molecule has 3 aromatic rings. The number of carbonyl (C=O) groups is 2. The van der Waals surface area contributed by atoms with Gasteiger partial charge >= 0.3 is 0 Å². The zero-order valence-electron chi connectivity index (χ0n) is 23.7. The molecule has 0 aliphatic heterocycles. The third kappa shape index (κ3) is 8.39. The number of carbonyl (C=O) groups excluding carboxylic acids is 2. The minimum Gasteiger partial charge on any atom is -0.354 e. The maximum atomic E-state index is 14.8. The van der Waals surface area contributed by atoms with Crippen molar-refractivity contribution in [1.29, 1.82) is 0 Å². The second-order valence-electron chi connectivity index (χ2n) is 10.5. The molecule has 0 aromatic heterocycles. The first-order valence-electron chi connectivity index (χ1n) is 13.3.